The quantitative estimate of drug-likeness (QED) is 0.924. The summed E-state index contributed by atoms with van der Waals surface area (Å²) in [7, 11) is 1.70. The van der Waals surface area contributed by atoms with Gasteiger partial charge >= 0.3 is 0 Å². The molecule has 0 aliphatic carbocycles. The van der Waals surface area contributed by atoms with Gasteiger partial charge in [0.1, 0.15) is 0 Å². The monoisotopic (exact) mass is 285 g/mol. The van der Waals surface area contributed by atoms with Crippen LogP contribution in [0.2, 0.25) is 5.02 Å². The first-order valence-electron chi connectivity index (χ1n) is 5.82. The Bertz CT molecular complexity index is 433. The number of methoxy groups -OCH3 is 1. The average Bonchev–Trinajstić information content (AvgIpc) is 2.86. The van der Waals surface area contributed by atoms with E-state index < -0.39 is 0 Å². The van der Waals surface area contributed by atoms with E-state index in [1.54, 1.807) is 25.3 Å². The molecule has 0 radical (unpaired) electrons. The van der Waals surface area contributed by atoms with Gasteiger partial charge in [-0.1, -0.05) is 23.7 Å². The molecule has 1 N–H and O–H groups in total. The molecule has 3 nitrogen and oxygen atoms in total. The lowest BCUT2D eigenvalue weighted by Crippen LogP contribution is -2.44. The molecule has 18 heavy (non-hydrogen) atoms. The van der Waals surface area contributed by atoms with Gasteiger partial charge in [-0.3, -0.25) is 4.79 Å². The van der Waals surface area contributed by atoms with E-state index in [9.17, 15) is 4.79 Å². The fourth-order valence-corrected chi connectivity index (χ4v) is 3.56. The Balaban J connectivity index is 1.98. The van der Waals surface area contributed by atoms with Gasteiger partial charge in [-0.05, 0) is 24.3 Å². The number of thioether (sulfide) groups is 1. The zero-order valence-electron chi connectivity index (χ0n) is 10.2. The van der Waals surface area contributed by atoms with Crippen LogP contribution < -0.4 is 5.32 Å². The third-order valence-electron chi connectivity index (χ3n) is 3.19. The number of benzene rings is 1. The van der Waals surface area contributed by atoms with E-state index in [-0.39, 0.29) is 11.5 Å². The van der Waals surface area contributed by atoms with Crippen molar-refractivity contribution in [2.45, 2.75) is 12.0 Å². The van der Waals surface area contributed by atoms with Crippen LogP contribution in [-0.4, -0.2) is 36.7 Å². The summed E-state index contributed by atoms with van der Waals surface area (Å²) in [5.41, 5.74) is 0.290. The summed E-state index contributed by atoms with van der Waals surface area (Å²) >= 11 is 7.84. The molecular formula is C13H16ClNO2S. The molecule has 1 aliphatic heterocycles. The standard InChI is InChI=1S/C13H16ClNO2S/c1-17-13(6-7-18-9-13)8-15-12(16)10-4-2-3-5-11(10)14/h2-5H,6-9H2,1H3,(H,15,16). The minimum atomic E-state index is -0.221. The molecule has 5 heteroatoms. The van der Waals surface area contributed by atoms with Crippen LogP contribution >= 0.6 is 23.4 Å². The summed E-state index contributed by atoms with van der Waals surface area (Å²) in [4.78, 5) is 12.0. The summed E-state index contributed by atoms with van der Waals surface area (Å²) < 4.78 is 5.55. The maximum absolute atomic E-state index is 12.0. The van der Waals surface area contributed by atoms with Gasteiger partial charge in [0.05, 0.1) is 16.2 Å². The SMILES string of the molecule is COC1(CNC(=O)c2ccccc2Cl)CCSC1. The highest BCUT2D eigenvalue weighted by Gasteiger charge is 2.34. The first kappa shape index (κ1) is 13.7. The zero-order chi connectivity index (χ0) is 13.0. The summed E-state index contributed by atoms with van der Waals surface area (Å²) in [6, 6.07) is 7.05. The Labute approximate surface area is 116 Å². The van der Waals surface area contributed by atoms with Crippen LogP contribution in [0, 0.1) is 0 Å². The lowest BCUT2D eigenvalue weighted by atomic mass is 10.0. The Morgan fingerprint density at radius 1 is 1.56 bits per heavy atom. The van der Waals surface area contributed by atoms with Gasteiger partial charge in [0.2, 0.25) is 0 Å². The highest BCUT2D eigenvalue weighted by atomic mass is 35.5. The van der Waals surface area contributed by atoms with E-state index in [1.807, 2.05) is 17.8 Å². The third kappa shape index (κ3) is 2.99. The van der Waals surface area contributed by atoms with E-state index >= 15 is 0 Å². The highest BCUT2D eigenvalue weighted by molar-refractivity contribution is 7.99. The van der Waals surface area contributed by atoms with Gasteiger partial charge in [0.15, 0.2) is 0 Å². The molecule has 1 heterocycles. The molecule has 0 saturated carbocycles. The predicted molar refractivity (Wildman–Crippen MR) is 75.5 cm³/mol. The van der Waals surface area contributed by atoms with Gasteiger partial charge in [-0.15, -0.1) is 0 Å². The minimum absolute atomic E-state index is 0.145. The number of amides is 1. The minimum Gasteiger partial charge on any atom is -0.376 e. The first-order valence-corrected chi connectivity index (χ1v) is 7.36. The molecular weight excluding hydrogens is 270 g/mol. The van der Waals surface area contributed by atoms with Crippen molar-refractivity contribution >= 4 is 29.3 Å². The zero-order valence-corrected chi connectivity index (χ0v) is 11.8. The van der Waals surface area contributed by atoms with E-state index in [0.29, 0.717) is 17.1 Å². The van der Waals surface area contributed by atoms with Gasteiger partial charge in [0.25, 0.3) is 5.91 Å². The molecule has 1 saturated heterocycles. The topological polar surface area (TPSA) is 38.3 Å². The summed E-state index contributed by atoms with van der Waals surface area (Å²) in [6.45, 7) is 0.528. The molecule has 1 aliphatic rings. The fraction of sp³-hybridized carbons (Fsp3) is 0.462. The highest BCUT2D eigenvalue weighted by Crippen LogP contribution is 2.30. The van der Waals surface area contributed by atoms with Gasteiger partial charge in [-0.25, -0.2) is 0 Å². The van der Waals surface area contributed by atoms with Crippen LogP contribution in [0.5, 0.6) is 0 Å². The van der Waals surface area contributed by atoms with Crippen LogP contribution in [0.3, 0.4) is 0 Å². The number of ether oxygens (including phenoxy) is 1. The summed E-state index contributed by atoms with van der Waals surface area (Å²) in [5.74, 6) is 1.86. The van der Waals surface area contributed by atoms with Crippen LogP contribution in [-0.2, 0) is 4.74 Å². The molecule has 1 fully saturated rings. The Morgan fingerprint density at radius 2 is 2.33 bits per heavy atom. The Morgan fingerprint density at radius 3 is 2.94 bits per heavy atom. The Kier molecular flexibility index (Phi) is 4.54. The number of nitrogens with one attached hydrogen (secondary N) is 1. The molecule has 1 amide bonds. The second-order valence-corrected chi connectivity index (χ2v) is 5.86. The van der Waals surface area contributed by atoms with Crippen molar-refractivity contribution in [1.29, 1.82) is 0 Å². The summed E-state index contributed by atoms with van der Waals surface area (Å²) in [6.07, 6.45) is 0.969. The molecule has 0 aromatic heterocycles. The van der Waals surface area contributed by atoms with E-state index in [1.165, 1.54) is 0 Å². The van der Waals surface area contributed by atoms with Crippen molar-refractivity contribution in [2.24, 2.45) is 0 Å². The van der Waals surface area contributed by atoms with Gasteiger partial charge in [0, 0.05) is 19.4 Å². The van der Waals surface area contributed by atoms with Crippen molar-refractivity contribution in [2.75, 3.05) is 25.2 Å². The summed E-state index contributed by atoms with van der Waals surface area (Å²) in [5, 5.41) is 3.39. The lowest BCUT2D eigenvalue weighted by molar-refractivity contribution is 0.0137. The number of rotatable bonds is 4. The number of hydrogen-bond acceptors (Lipinski definition) is 3. The van der Waals surface area contributed by atoms with E-state index in [4.69, 9.17) is 16.3 Å². The van der Waals surface area contributed by atoms with Crippen LogP contribution in [0.4, 0.5) is 0 Å². The number of halogens is 1. The molecule has 1 atom stereocenters. The average molecular weight is 286 g/mol. The molecule has 1 aromatic rings. The first-order chi connectivity index (χ1) is 8.67. The van der Waals surface area contributed by atoms with Crippen molar-refractivity contribution in [3.8, 4) is 0 Å². The van der Waals surface area contributed by atoms with Crippen molar-refractivity contribution in [1.82, 2.24) is 5.32 Å². The maximum Gasteiger partial charge on any atom is 0.252 e. The number of hydrogen-bond donors (Lipinski definition) is 1. The van der Waals surface area contributed by atoms with Crippen molar-refractivity contribution in [3.63, 3.8) is 0 Å². The van der Waals surface area contributed by atoms with Gasteiger partial charge in [-0.2, -0.15) is 11.8 Å². The maximum atomic E-state index is 12.0. The normalized spacial score (nSPS) is 23.0. The third-order valence-corrected chi connectivity index (χ3v) is 4.74. The second-order valence-electron chi connectivity index (χ2n) is 4.35. The molecule has 0 spiro atoms. The largest absolute Gasteiger partial charge is 0.376 e. The van der Waals surface area contributed by atoms with Crippen LogP contribution in [0.1, 0.15) is 16.8 Å². The Hall–Kier alpha value is -0.710. The van der Waals surface area contributed by atoms with Crippen molar-refractivity contribution in [3.05, 3.63) is 34.9 Å². The molecule has 1 unspecified atom stereocenters. The number of carbonyl (C=O) groups is 1. The lowest BCUT2D eigenvalue weighted by Gasteiger charge is -2.26. The second kappa shape index (κ2) is 5.95. The van der Waals surface area contributed by atoms with Crippen LogP contribution in [0.15, 0.2) is 24.3 Å². The van der Waals surface area contributed by atoms with Crippen LogP contribution in [0.25, 0.3) is 0 Å². The molecule has 2 rings (SSSR count). The fourth-order valence-electron chi connectivity index (χ4n) is 1.94. The number of carbonyl (C=O) groups excluding carboxylic acids is 1. The van der Waals surface area contributed by atoms with Crippen molar-refractivity contribution < 1.29 is 9.53 Å². The molecule has 98 valence electrons. The molecule has 0 bridgehead atoms. The molecule has 1 aromatic carbocycles. The van der Waals surface area contributed by atoms with E-state index in [0.717, 1.165) is 17.9 Å². The smallest absolute Gasteiger partial charge is 0.252 e. The van der Waals surface area contributed by atoms with E-state index in [2.05, 4.69) is 5.32 Å². The predicted octanol–water partition coefficient (Wildman–Crippen LogP) is 2.59. The van der Waals surface area contributed by atoms with Gasteiger partial charge < -0.3 is 10.1 Å².